The highest BCUT2D eigenvalue weighted by molar-refractivity contribution is 5.93. The van der Waals surface area contributed by atoms with Gasteiger partial charge in [-0.15, -0.1) is 0 Å². The first-order valence-electron chi connectivity index (χ1n) is 10.6. The third-order valence-electron chi connectivity index (χ3n) is 4.74. The number of aromatic nitrogens is 2. The maximum atomic E-state index is 12.5. The van der Waals surface area contributed by atoms with Gasteiger partial charge in [0.1, 0.15) is 18.4 Å². The fourth-order valence-electron chi connectivity index (χ4n) is 3.02. The van der Waals surface area contributed by atoms with Crippen molar-refractivity contribution in [1.29, 1.82) is 0 Å². The number of nitrogens with one attached hydrogen (secondary N) is 1. The van der Waals surface area contributed by atoms with Crippen molar-refractivity contribution in [3.05, 3.63) is 66.0 Å². The van der Waals surface area contributed by atoms with Gasteiger partial charge in [-0.1, -0.05) is 6.07 Å². The molecule has 3 aromatic rings. The first kappa shape index (κ1) is 23.6. The number of hydrogen-bond acceptors (Lipinski definition) is 6. The van der Waals surface area contributed by atoms with E-state index in [0.717, 1.165) is 5.56 Å². The lowest BCUT2D eigenvalue weighted by Crippen LogP contribution is -2.24. The molecule has 0 aliphatic rings. The van der Waals surface area contributed by atoms with Gasteiger partial charge < -0.3 is 24.6 Å². The highest BCUT2D eigenvalue weighted by atomic mass is 16.5. The normalized spacial score (nSPS) is 11.5. The lowest BCUT2D eigenvalue weighted by atomic mass is 10.2. The van der Waals surface area contributed by atoms with Crippen LogP contribution in [0.1, 0.15) is 42.9 Å². The van der Waals surface area contributed by atoms with Crippen LogP contribution in [0.4, 0.5) is 5.69 Å². The molecule has 9 nitrogen and oxygen atoms in total. The maximum Gasteiger partial charge on any atom is 0.356 e. The summed E-state index contributed by atoms with van der Waals surface area (Å²) in [5.74, 6) is 0.566. The zero-order chi connectivity index (χ0) is 23.8. The van der Waals surface area contributed by atoms with Crippen LogP contribution in [0.2, 0.25) is 0 Å². The minimum Gasteiger partial charge on any atom is -0.490 e. The average molecular weight is 453 g/mol. The van der Waals surface area contributed by atoms with E-state index in [1.807, 2.05) is 32.0 Å². The third-order valence-corrected chi connectivity index (χ3v) is 4.74. The van der Waals surface area contributed by atoms with E-state index in [-0.39, 0.29) is 11.6 Å². The number of amides is 1. The number of benzene rings is 2. The van der Waals surface area contributed by atoms with E-state index in [1.165, 1.54) is 16.9 Å². The van der Waals surface area contributed by atoms with E-state index in [2.05, 4.69) is 10.4 Å². The highest BCUT2D eigenvalue weighted by Crippen LogP contribution is 2.29. The Bertz CT molecular complexity index is 1090. The second-order valence-corrected chi connectivity index (χ2v) is 7.11. The SMILES string of the molecule is CCOc1ccc(COc2ccc(NC(=O)C(C)n3ccc(C(=O)O)n3)cc2)cc1OCC. The van der Waals surface area contributed by atoms with Crippen molar-refractivity contribution < 1.29 is 28.9 Å². The summed E-state index contributed by atoms with van der Waals surface area (Å²) in [5, 5.41) is 15.6. The number of ether oxygens (including phenoxy) is 3. The molecule has 0 aliphatic carbocycles. The molecule has 0 aliphatic heterocycles. The Morgan fingerprint density at radius 2 is 1.70 bits per heavy atom. The molecule has 0 bridgehead atoms. The highest BCUT2D eigenvalue weighted by Gasteiger charge is 2.18. The van der Waals surface area contributed by atoms with Crippen LogP contribution in [0, 0.1) is 0 Å². The zero-order valence-electron chi connectivity index (χ0n) is 18.8. The van der Waals surface area contributed by atoms with Crippen molar-refractivity contribution in [2.45, 2.75) is 33.4 Å². The summed E-state index contributed by atoms with van der Waals surface area (Å²) in [6.45, 7) is 6.92. The molecule has 3 rings (SSSR count). The molecular formula is C24H27N3O6. The predicted octanol–water partition coefficient (Wildman–Crippen LogP) is 4.16. The fraction of sp³-hybridized carbons (Fsp3) is 0.292. The lowest BCUT2D eigenvalue weighted by molar-refractivity contribution is -0.119. The summed E-state index contributed by atoms with van der Waals surface area (Å²) in [7, 11) is 0. The molecular weight excluding hydrogens is 426 g/mol. The first-order chi connectivity index (χ1) is 15.9. The first-order valence-corrected chi connectivity index (χ1v) is 10.6. The number of carboxylic acid groups (broad SMARTS) is 1. The van der Waals surface area contributed by atoms with Crippen LogP contribution in [0.15, 0.2) is 54.7 Å². The van der Waals surface area contributed by atoms with Crippen LogP contribution in [0.25, 0.3) is 0 Å². The van der Waals surface area contributed by atoms with E-state index in [4.69, 9.17) is 19.3 Å². The Morgan fingerprint density at radius 3 is 2.33 bits per heavy atom. The standard InChI is InChI=1S/C24H27N3O6/c1-4-31-21-11-6-17(14-22(21)32-5-2)15-33-19-9-7-18(8-10-19)25-23(28)16(3)27-13-12-20(26-27)24(29)30/h6-14,16H,4-5,15H2,1-3H3,(H,25,28)(H,29,30). The number of nitrogens with zero attached hydrogens (tertiary/aromatic N) is 2. The molecule has 33 heavy (non-hydrogen) atoms. The quantitative estimate of drug-likeness (QED) is 0.448. The minimum atomic E-state index is -1.14. The molecule has 0 fully saturated rings. The Kier molecular flexibility index (Phi) is 7.91. The van der Waals surface area contributed by atoms with E-state index < -0.39 is 12.0 Å². The predicted molar refractivity (Wildman–Crippen MR) is 122 cm³/mol. The van der Waals surface area contributed by atoms with Crippen molar-refractivity contribution in [2.75, 3.05) is 18.5 Å². The van der Waals surface area contributed by atoms with Gasteiger partial charge in [0.15, 0.2) is 17.2 Å². The van der Waals surface area contributed by atoms with Crippen molar-refractivity contribution in [3.63, 3.8) is 0 Å². The van der Waals surface area contributed by atoms with E-state index in [9.17, 15) is 9.59 Å². The summed E-state index contributed by atoms with van der Waals surface area (Å²) >= 11 is 0. The molecule has 2 aromatic carbocycles. The van der Waals surface area contributed by atoms with Gasteiger partial charge in [0, 0.05) is 11.9 Å². The van der Waals surface area contributed by atoms with Gasteiger partial charge in [-0.25, -0.2) is 4.79 Å². The van der Waals surface area contributed by atoms with E-state index in [1.54, 1.807) is 31.2 Å². The van der Waals surface area contributed by atoms with Crippen molar-refractivity contribution >= 4 is 17.6 Å². The Morgan fingerprint density at radius 1 is 1.00 bits per heavy atom. The van der Waals surface area contributed by atoms with Crippen molar-refractivity contribution in [2.24, 2.45) is 0 Å². The molecule has 2 N–H and O–H groups in total. The van der Waals surface area contributed by atoms with Crippen LogP contribution >= 0.6 is 0 Å². The number of carbonyl (C=O) groups excluding carboxylic acids is 1. The molecule has 1 atom stereocenters. The molecule has 1 heterocycles. The second-order valence-electron chi connectivity index (χ2n) is 7.11. The van der Waals surface area contributed by atoms with E-state index >= 15 is 0 Å². The van der Waals surface area contributed by atoms with Gasteiger partial charge in [-0.3, -0.25) is 9.48 Å². The smallest absolute Gasteiger partial charge is 0.356 e. The van der Waals surface area contributed by atoms with Crippen LogP contribution < -0.4 is 19.5 Å². The Balaban J connectivity index is 1.57. The number of hydrogen-bond donors (Lipinski definition) is 2. The Labute approximate surface area is 191 Å². The van der Waals surface area contributed by atoms with Crippen molar-refractivity contribution in [1.82, 2.24) is 9.78 Å². The van der Waals surface area contributed by atoms with Crippen LogP contribution in [-0.4, -0.2) is 40.0 Å². The summed E-state index contributed by atoms with van der Waals surface area (Å²) in [6.07, 6.45) is 1.46. The zero-order valence-corrected chi connectivity index (χ0v) is 18.8. The molecule has 0 radical (unpaired) electrons. The summed E-state index contributed by atoms with van der Waals surface area (Å²) in [6, 6.07) is 13.3. The van der Waals surface area contributed by atoms with Crippen LogP contribution in [-0.2, 0) is 11.4 Å². The lowest BCUT2D eigenvalue weighted by Gasteiger charge is -2.14. The van der Waals surface area contributed by atoms with Crippen LogP contribution in [0.3, 0.4) is 0 Å². The number of anilines is 1. The van der Waals surface area contributed by atoms with Gasteiger partial charge in [-0.05, 0) is 68.8 Å². The monoisotopic (exact) mass is 453 g/mol. The van der Waals surface area contributed by atoms with Gasteiger partial charge in [0.25, 0.3) is 0 Å². The third kappa shape index (κ3) is 6.25. The molecule has 1 amide bonds. The van der Waals surface area contributed by atoms with Crippen LogP contribution in [0.5, 0.6) is 17.2 Å². The molecule has 9 heteroatoms. The molecule has 1 unspecified atom stereocenters. The second kappa shape index (κ2) is 11.0. The molecule has 0 spiro atoms. The number of aromatic carboxylic acids is 1. The summed E-state index contributed by atoms with van der Waals surface area (Å²) in [4.78, 5) is 23.4. The van der Waals surface area contributed by atoms with Gasteiger partial charge in [-0.2, -0.15) is 5.10 Å². The maximum absolute atomic E-state index is 12.5. The summed E-state index contributed by atoms with van der Waals surface area (Å²) < 4.78 is 18.4. The van der Waals surface area contributed by atoms with Crippen molar-refractivity contribution in [3.8, 4) is 17.2 Å². The average Bonchev–Trinajstić information content (AvgIpc) is 3.30. The van der Waals surface area contributed by atoms with Gasteiger partial charge in [0.2, 0.25) is 5.91 Å². The van der Waals surface area contributed by atoms with Gasteiger partial charge in [0.05, 0.1) is 13.2 Å². The molecule has 0 saturated carbocycles. The van der Waals surface area contributed by atoms with Gasteiger partial charge >= 0.3 is 5.97 Å². The van der Waals surface area contributed by atoms with E-state index in [0.29, 0.717) is 42.8 Å². The number of rotatable bonds is 11. The molecule has 0 saturated heterocycles. The minimum absolute atomic E-state index is 0.114. The summed E-state index contributed by atoms with van der Waals surface area (Å²) in [5.41, 5.74) is 1.41. The number of carbonyl (C=O) groups is 2. The molecule has 174 valence electrons. The molecule has 1 aromatic heterocycles. The number of carboxylic acids is 1. The topological polar surface area (TPSA) is 112 Å². The Hall–Kier alpha value is -4.01. The largest absolute Gasteiger partial charge is 0.490 e. The fourth-order valence-corrected chi connectivity index (χ4v) is 3.02.